The van der Waals surface area contributed by atoms with Gasteiger partial charge in [-0.25, -0.2) is 4.79 Å². The Kier molecular flexibility index (Phi) is 4.78. The molecule has 2 rings (SSSR count). The van der Waals surface area contributed by atoms with Gasteiger partial charge in [0.2, 0.25) is 0 Å². The van der Waals surface area contributed by atoms with E-state index in [-0.39, 0.29) is 5.56 Å². The molecule has 3 N–H and O–H groups in total. The van der Waals surface area contributed by atoms with Gasteiger partial charge in [-0.15, -0.1) is 0 Å². The predicted molar refractivity (Wildman–Crippen MR) is 93.9 cm³/mol. The highest BCUT2D eigenvalue weighted by Gasteiger charge is 2.08. The second-order valence-electron chi connectivity index (χ2n) is 5.21. The number of thiocarbonyl (C=S) groups is 1. The molecule has 0 heterocycles. The highest BCUT2D eigenvalue weighted by molar-refractivity contribution is 7.80. The summed E-state index contributed by atoms with van der Waals surface area (Å²) in [5, 5.41) is 15.6. The average Bonchev–Trinajstić information content (AvgIpc) is 2.45. The molecule has 0 aromatic heterocycles. The molecule has 2 aromatic rings. The minimum Gasteiger partial charge on any atom is -0.478 e. The van der Waals surface area contributed by atoms with E-state index in [9.17, 15) is 4.79 Å². The van der Waals surface area contributed by atoms with Crippen LogP contribution in [0.4, 0.5) is 11.4 Å². The molecule has 0 radical (unpaired) electrons. The molecule has 114 valence electrons. The molecule has 0 saturated heterocycles. The first-order valence-electron chi connectivity index (χ1n) is 6.86. The van der Waals surface area contributed by atoms with Gasteiger partial charge in [0.1, 0.15) is 0 Å². The number of aromatic carboxylic acids is 1. The fraction of sp³-hybridized carbons (Fsp3) is 0.176. The average molecular weight is 314 g/mol. The lowest BCUT2D eigenvalue weighted by molar-refractivity contribution is 0.0697. The van der Waals surface area contributed by atoms with E-state index in [1.807, 2.05) is 32.0 Å². The molecule has 4 nitrogen and oxygen atoms in total. The number of nitrogens with one attached hydrogen (secondary N) is 2. The lowest BCUT2D eigenvalue weighted by atomic mass is 10.1. The highest BCUT2D eigenvalue weighted by Crippen LogP contribution is 2.18. The van der Waals surface area contributed by atoms with Gasteiger partial charge in [-0.05, 0) is 73.9 Å². The molecule has 0 aliphatic carbocycles. The SMILES string of the molecule is Cc1ccc(NC(=S)Nc2cc(C(=O)O)ccc2C)cc1C. The van der Waals surface area contributed by atoms with Crippen LogP contribution in [0.2, 0.25) is 0 Å². The quantitative estimate of drug-likeness (QED) is 0.744. The Balaban J connectivity index is 2.13. The van der Waals surface area contributed by atoms with Gasteiger partial charge in [-0.1, -0.05) is 12.1 Å². The van der Waals surface area contributed by atoms with Crippen LogP contribution in [0.3, 0.4) is 0 Å². The number of hydrogen-bond acceptors (Lipinski definition) is 2. The van der Waals surface area contributed by atoms with Crippen LogP contribution in [-0.4, -0.2) is 16.2 Å². The first kappa shape index (κ1) is 16.0. The lowest BCUT2D eigenvalue weighted by Gasteiger charge is -2.14. The molecule has 22 heavy (non-hydrogen) atoms. The molecule has 0 amide bonds. The number of hydrogen-bond donors (Lipinski definition) is 3. The Bertz CT molecular complexity index is 741. The zero-order valence-corrected chi connectivity index (χ0v) is 13.5. The fourth-order valence-electron chi connectivity index (χ4n) is 1.99. The zero-order chi connectivity index (χ0) is 16.3. The minimum absolute atomic E-state index is 0.224. The molecular formula is C17H18N2O2S. The molecule has 0 spiro atoms. The third kappa shape index (κ3) is 3.83. The number of carbonyl (C=O) groups is 1. The van der Waals surface area contributed by atoms with Crippen LogP contribution in [0.15, 0.2) is 36.4 Å². The number of benzene rings is 2. The summed E-state index contributed by atoms with van der Waals surface area (Å²) in [4.78, 5) is 11.0. The maximum absolute atomic E-state index is 11.0. The summed E-state index contributed by atoms with van der Waals surface area (Å²) in [6.07, 6.45) is 0. The van der Waals surface area contributed by atoms with E-state index in [4.69, 9.17) is 17.3 Å². The number of carboxylic acid groups (broad SMARTS) is 1. The van der Waals surface area contributed by atoms with Gasteiger partial charge in [0.25, 0.3) is 0 Å². The molecule has 5 heteroatoms. The Morgan fingerprint density at radius 3 is 2.27 bits per heavy atom. The third-order valence-corrected chi connectivity index (χ3v) is 3.70. The Hall–Kier alpha value is -2.40. The van der Waals surface area contributed by atoms with Gasteiger partial charge in [0.05, 0.1) is 5.56 Å². The molecule has 2 aromatic carbocycles. The van der Waals surface area contributed by atoms with E-state index in [0.29, 0.717) is 10.8 Å². The number of anilines is 2. The van der Waals surface area contributed by atoms with Crippen LogP contribution in [0.25, 0.3) is 0 Å². The van der Waals surface area contributed by atoms with Gasteiger partial charge in [-0.2, -0.15) is 0 Å². The maximum atomic E-state index is 11.0. The van der Waals surface area contributed by atoms with E-state index < -0.39 is 5.97 Å². The predicted octanol–water partition coefficient (Wildman–Crippen LogP) is 4.12. The number of rotatable bonds is 3. The van der Waals surface area contributed by atoms with Crippen LogP contribution in [-0.2, 0) is 0 Å². The molecule has 0 fully saturated rings. The molecule has 0 atom stereocenters. The van der Waals surface area contributed by atoms with E-state index in [0.717, 1.165) is 11.3 Å². The number of aryl methyl sites for hydroxylation is 3. The van der Waals surface area contributed by atoms with Crippen molar-refractivity contribution in [3.63, 3.8) is 0 Å². The van der Waals surface area contributed by atoms with Crippen LogP contribution in [0.5, 0.6) is 0 Å². The number of carboxylic acids is 1. The van der Waals surface area contributed by atoms with Crippen LogP contribution < -0.4 is 10.6 Å². The van der Waals surface area contributed by atoms with Gasteiger partial charge in [0.15, 0.2) is 5.11 Å². The molecule has 0 aliphatic rings. The maximum Gasteiger partial charge on any atom is 0.335 e. The second kappa shape index (κ2) is 6.58. The monoisotopic (exact) mass is 314 g/mol. The van der Waals surface area contributed by atoms with Crippen LogP contribution in [0, 0.1) is 20.8 Å². The summed E-state index contributed by atoms with van der Waals surface area (Å²) in [5.74, 6) is -0.962. The highest BCUT2D eigenvalue weighted by atomic mass is 32.1. The van der Waals surface area contributed by atoms with E-state index in [2.05, 4.69) is 17.6 Å². The van der Waals surface area contributed by atoms with E-state index in [1.165, 1.54) is 11.1 Å². The van der Waals surface area contributed by atoms with Crippen molar-refractivity contribution in [2.24, 2.45) is 0 Å². The van der Waals surface area contributed by atoms with Crippen molar-refractivity contribution in [3.05, 3.63) is 58.7 Å². The van der Waals surface area contributed by atoms with Crippen molar-refractivity contribution >= 4 is 34.7 Å². The van der Waals surface area contributed by atoms with Crippen molar-refractivity contribution in [1.29, 1.82) is 0 Å². The van der Waals surface area contributed by atoms with Gasteiger partial charge in [-0.3, -0.25) is 0 Å². The van der Waals surface area contributed by atoms with Crippen molar-refractivity contribution in [2.45, 2.75) is 20.8 Å². The molecule has 0 saturated carbocycles. The third-order valence-electron chi connectivity index (χ3n) is 3.50. The summed E-state index contributed by atoms with van der Waals surface area (Å²) >= 11 is 5.29. The van der Waals surface area contributed by atoms with Crippen molar-refractivity contribution in [1.82, 2.24) is 0 Å². The summed E-state index contributed by atoms with van der Waals surface area (Å²) in [6, 6.07) is 10.9. The second-order valence-corrected chi connectivity index (χ2v) is 5.62. The van der Waals surface area contributed by atoms with E-state index >= 15 is 0 Å². The minimum atomic E-state index is -0.962. The topological polar surface area (TPSA) is 61.4 Å². The van der Waals surface area contributed by atoms with Crippen molar-refractivity contribution in [2.75, 3.05) is 10.6 Å². The Labute approximate surface area is 135 Å². The summed E-state index contributed by atoms with van der Waals surface area (Å²) in [6.45, 7) is 5.99. The van der Waals surface area contributed by atoms with Gasteiger partial charge in [0, 0.05) is 11.4 Å². The molecular weight excluding hydrogens is 296 g/mol. The standard InChI is InChI=1S/C17H18N2O2S/c1-10-5-7-14(8-12(10)3)18-17(22)19-15-9-13(16(20)21)6-4-11(15)2/h4-9H,1-3H3,(H,20,21)(H2,18,19,22). The molecule has 0 aliphatic heterocycles. The first-order chi connectivity index (χ1) is 10.4. The summed E-state index contributed by atoms with van der Waals surface area (Å²) < 4.78 is 0. The Morgan fingerprint density at radius 2 is 1.64 bits per heavy atom. The molecule has 0 unspecified atom stereocenters. The van der Waals surface area contributed by atoms with Crippen molar-refractivity contribution in [3.8, 4) is 0 Å². The first-order valence-corrected chi connectivity index (χ1v) is 7.27. The van der Waals surface area contributed by atoms with Crippen LogP contribution in [0.1, 0.15) is 27.0 Å². The van der Waals surface area contributed by atoms with Crippen LogP contribution >= 0.6 is 12.2 Å². The summed E-state index contributed by atoms with van der Waals surface area (Å²) in [5.41, 5.74) is 5.12. The lowest BCUT2D eigenvalue weighted by Crippen LogP contribution is -2.20. The smallest absolute Gasteiger partial charge is 0.335 e. The van der Waals surface area contributed by atoms with Gasteiger partial charge >= 0.3 is 5.97 Å². The summed E-state index contributed by atoms with van der Waals surface area (Å²) in [7, 11) is 0. The largest absolute Gasteiger partial charge is 0.478 e. The normalized spacial score (nSPS) is 10.1. The van der Waals surface area contributed by atoms with Gasteiger partial charge < -0.3 is 15.7 Å². The van der Waals surface area contributed by atoms with E-state index in [1.54, 1.807) is 18.2 Å². The van der Waals surface area contributed by atoms with Crippen molar-refractivity contribution < 1.29 is 9.90 Å². The Morgan fingerprint density at radius 1 is 0.955 bits per heavy atom. The molecule has 0 bridgehead atoms. The zero-order valence-electron chi connectivity index (χ0n) is 12.7. The fourth-order valence-corrected chi connectivity index (χ4v) is 2.22.